The standard InChI is InChI=1S/C19H29N/c1-14(15-8-6-5-7-9-15)13-20-17-18(2,3)16-10-11-19(17,4)12-16/h5-9,14,16-17,20H,10-13H2,1-4H3/t14?,16-,17?,19+/m0/s1. The molecule has 0 radical (unpaired) electrons. The second-order valence-electron chi connectivity index (χ2n) is 8.07. The van der Waals surface area contributed by atoms with Crippen molar-refractivity contribution >= 4 is 0 Å². The van der Waals surface area contributed by atoms with Gasteiger partial charge >= 0.3 is 0 Å². The normalized spacial score (nSPS) is 36.2. The van der Waals surface area contributed by atoms with Crippen LogP contribution < -0.4 is 5.32 Å². The highest BCUT2D eigenvalue weighted by Gasteiger charge is 2.58. The van der Waals surface area contributed by atoms with Crippen molar-refractivity contribution < 1.29 is 0 Å². The lowest BCUT2D eigenvalue weighted by Gasteiger charge is -2.43. The van der Waals surface area contributed by atoms with Crippen molar-refractivity contribution in [3.8, 4) is 0 Å². The van der Waals surface area contributed by atoms with Crippen molar-refractivity contribution in [1.29, 1.82) is 0 Å². The Kier molecular flexibility index (Phi) is 3.44. The van der Waals surface area contributed by atoms with E-state index in [4.69, 9.17) is 0 Å². The number of hydrogen-bond donors (Lipinski definition) is 1. The van der Waals surface area contributed by atoms with Crippen LogP contribution in [0.4, 0.5) is 0 Å². The average molecular weight is 271 g/mol. The van der Waals surface area contributed by atoms with E-state index in [0.29, 0.717) is 22.8 Å². The molecule has 1 aromatic carbocycles. The zero-order valence-electron chi connectivity index (χ0n) is 13.4. The van der Waals surface area contributed by atoms with Gasteiger partial charge in [-0.3, -0.25) is 0 Å². The molecular formula is C19H29N. The monoisotopic (exact) mass is 271 g/mol. The maximum absolute atomic E-state index is 3.94. The van der Waals surface area contributed by atoms with Gasteiger partial charge in [0, 0.05) is 12.6 Å². The molecule has 110 valence electrons. The molecule has 0 saturated heterocycles. The Hall–Kier alpha value is -0.820. The Morgan fingerprint density at radius 2 is 1.90 bits per heavy atom. The number of nitrogens with one attached hydrogen (secondary N) is 1. The minimum atomic E-state index is 0.462. The molecule has 2 aliphatic carbocycles. The molecular weight excluding hydrogens is 242 g/mol. The molecule has 2 fully saturated rings. The topological polar surface area (TPSA) is 12.0 Å². The summed E-state index contributed by atoms with van der Waals surface area (Å²) in [5, 5.41) is 3.94. The fraction of sp³-hybridized carbons (Fsp3) is 0.684. The Morgan fingerprint density at radius 3 is 2.50 bits per heavy atom. The Balaban J connectivity index is 1.67. The van der Waals surface area contributed by atoms with E-state index >= 15 is 0 Å². The number of benzene rings is 1. The predicted octanol–water partition coefficient (Wildman–Crippen LogP) is 4.59. The van der Waals surface area contributed by atoms with Gasteiger partial charge in [-0.05, 0) is 47.5 Å². The van der Waals surface area contributed by atoms with E-state index in [0.717, 1.165) is 12.5 Å². The van der Waals surface area contributed by atoms with Gasteiger partial charge in [-0.1, -0.05) is 58.0 Å². The van der Waals surface area contributed by atoms with Gasteiger partial charge in [0.1, 0.15) is 0 Å². The van der Waals surface area contributed by atoms with Crippen molar-refractivity contribution in [2.24, 2.45) is 16.7 Å². The van der Waals surface area contributed by atoms with Gasteiger partial charge in [-0.25, -0.2) is 0 Å². The maximum atomic E-state index is 3.94. The summed E-state index contributed by atoms with van der Waals surface area (Å²) in [4.78, 5) is 0. The second kappa shape index (κ2) is 4.87. The first-order valence-electron chi connectivity index (χ1n) is 8.22. The summed E-state index contributed by atoms with van der Waals surface area (Å²) in [5.74, 6) is 1.52. The predicted molar refractivity (Wildman–Crippen MR) is 85.9 cm³/mol. The quantitative estimate of drug-likeness (QED) is 0.844. The van der Waals surface area contributed by atoms with Crippen molar-refractivity contribution in [3.63, 3.8) is 0 Å². The van der Waals surface area contributed by atoms with Crippen LogP contribution >= 0.6 is 0 Å². The molecule has 2 saturated carbocycles. The Labute approximate surface area is 124 Å². The summed E-state index contributed by atoms with van der Waals surface area (Å²) < 4.78 is 0. The lowest BCUT2D eigenvalue weighted by Crippen LogP contribution is -2.51. The van der Waals surface area contributed by atoms with Crippen LogP contribution in [-0.4, -0.2) is 12.6 Å². The molecule has 0 aromatic heterocycles. The van der Waals surface area contributed by atoms with Crippen molar-refractivity contribution in [2.45, 2.75) is 58.9 Å². The zero-order valence-corrected chi connectivity index (χ0v) is 13.4. The van der Waals surface area contributed by atoms with Crippen LogP contribution in [0.25, 0.3) is 0 Å². The average Bonchev–Trinajstić information content (AvgIpc) is 2.90. The van der Waals surface area contributed by atoms with E-state index in [1.165, 1.54) is 24.8 Å². The lowest BCUT2D eigenvalue weighted by molar-refractivity contribution is 0.108. The van der Waals surface area contributed by atoms with Gasteiger partial charge in [0.05, 0.1) is 0 Å². The first-order chi connectivity index (χ1) is 9.43. The summed E-state index contributed by atoms with van der Waals surface area (Å²) in [5.41, 5.74) is 2.44. The van der Waals surface area contributed by atoms with Gasteiger partial charge in [0.15, 0.2) is 0 Å². The van der Waals surface area contributed by atoms with Crippen molar-refractivity contribution in [3.05, 3.63) is 35.9 Å². The molecule has 2 aliphatic rings. The highest BCUT2D eigenvalue weighted by atomic mass is 15.0. The van der Waals surface area contributed by atoms with Crippen LogP contribution in [0.1, 0.15) is 58.4 Å². The van der Waals surface area contributed by atoms with Crippen molar-refractivity contribution in [1.82, 2.24) is 5.32 Å². The number of rotatable bonds is 4. The molecule has 4 atom stereocenters. The zero-order chi connectivity index (χ0) is 14.4. The first kappa shape index (κ1) is 14.1. The van der Waals surface area contributed by atoms with Gasteiger partial charge in [0.25, 0.3) is 0 Å². The van der Waals surface area contributed by atoms with E-state index in [-0.39, 0.29) is 0 Å². The smallest absolute Gasteiger partial charge is 0.0175 e. The van der Waals surface area contributed by atoms with E-state index in [1.54, 1.807) is 0 Å². The molecule has 20 heavy (non-hydrogen) atoms. The molecule has 2 unspecified atom stereocenters. The maximum Gasteiger partial charge on any atom is 0.0175 e. The Bertz CT molecular complexity index is 459. The molecule has 0 aliphatic heterocycles. The first-order valence-corrected chi connectivity index (χ1v) is 8.22. The van der Waals surface area contributed by atoms with E-state index in [2.05, 4.69) is 63.3 Å². The number of hydrogen-bond acceptors (Lipinski definition) is 1. The van der Waals surface area contributed by atoms with Crippen molar-refractivity contribution in [2.75, 3.05) is 6.54 Å². The van der Waals surface area contributed by atoms with E-state index in [1.807, 2.05) is 0 Å². The SMILES string of the molecule is CC(CNC1C(C)(C)[C@H]2CC[C@]1(C)C2)c1ccccc1. The van der Waals surface area contributed by atoms with E-state index < -0.39 is 0 Å². The highest BCUT2D eigenvalue weighted by molar-refractivity contribution is 5.19. The molecule has 1 aromatic rings. The van der Waals surface area contributed by atoms with E-state index in [9.17, 15) is 0 Å². The third-order valence-electron chi connectivity index (χ3n) is 6.27. The molecule has 0 spiro atoms. The van der Waals surface area contributed by atoms with Crippen LogP contribution in [-0.2, 0) is 0 Å². The largest absolute Gasteiger partial charge is 0.312 e. The lowest BCUT2D eigenvalue weighted by atomic mass is 9.68. The molecule has 3 rings (SSSR count). The van der Waals surface area contributed by atoms with Crippen LogP contribution in [0.2, 0.25) is 0 Å². The van der Waals surface area contributed by atoms with Gasteiger partial charge in [-0.2, -0.15) is 0 Å². The summed E-state index contributed by atoms with van der Waals surface area (Å²) in [6, 6.07) is 11.6. The highest BCUT2D eigenvalue weighted by Crippen LogP contribution is 2.62. The van der Waals surface area contributed by atoms with Gasteiger partial charge in [-0.15, -0.1) is 0 Å². The fourth-order valence-electron chi connectivity index (χ4n) is 5.01. The van der Waals surface area contributed by atoms with Crippen LogP contribution in [0, 0.1) is 16.7 Å². The summed E-state index contributed by atoms with van der Waals surface area (Å²) in [7, 11) is 0. The minimum Gasteiger partial charge on any atom is -0.312 e. The molecule has 0 amide bonds. The van der Waals surface area contributed by atoms with Gasteiger partial charge in [0.2, 0.25) is 0 Å². The Morgan fingerprint density at radius 1 is 1.20 bits per heavy atom. The summed E-state index contributed by atoms with van der Waals surface area (Å²) in [6.45, 7) is 10.9. The molecule has 1 N–H and O–H groups in total. The third kappa shape index (κ3) is 2.20. The number of fused-ring (bicyclic) bond motifs is 2. The second-order valence-corrected chi connectivity index (χ2v) is 8.07. The fourth-order valence-corrected chi connectivity index (χ4v) is 5.01. The molecule has 1 nitrogen and oxygen atoms in total. The molecule has 0 heterocycles. The minimum absolute atomic E-state index is 0.462. The van der Waals surface area contributed by atoms with Crippen LogP contribution in [0.15, 0.2) is 30.3 Å². The summed E-state index contributed by atoms with van der Waals surface area (Å²) >= 11 is 0. The van der Waals surface area contributed by atoms with Crippen LogP contribution in [0.5, 0.6) is 0 Å². The van der Waals surface area contributed by atoms with Gasteiger partial charge < -0.3 is 5.32 Å². The summed E-state index contributed by atoms with van der Waals surface area (Å²) in [6.07, 6.45) is 4.28. The molecule has 2 bridgehead atoms. The molecule has 1 heteroatoms. The third-order valence-corrected chi connectivity index (χ3v) is 6.27. The van der Waals surface area contributed by atoms with Crippen LogP contribution in [0.3, 0.4) is 0 Å².